The van der Waals surface area contributed by atoms with Crippen molar-refractivity contribution in [3.63, 3.8) is 0 Å². The van der Waals surface area contributed by atoms with Gasteiger partial charge < -0.3 is 4.57 Å². The number of fused-ring (bicyclic) bond motifs is 1. The van der Waals surface area contributed by atoms with E-state index in [1.165, 1.54) is 28.4 Å². The van der Waals surface area contributed by atoms with Gasteiger partial charge in [-0.25, -0.2) is 4.39 Å². The summed E-state index contributed by atoms with van der Waals surface area (Å²) >= 11 is 1.20. The number of hydrazone groups is 1. The average Bonchev–Trinajstić information content (AvgIpc) is 3.17. The van der Waals surface area contributed by atoms with Crippen molar-refractivity contribution in [3.8, 4) is 5.69 Å². The van der Waals surface area contributed by atoms with E-state index in [2.05, 4.69) is 10.1 Å². The third-order valence-electron chi connectivity index (χ3n) is 4.26. The molecular formula is C18H14FN5OS. The van der Waals surface area contributed by atoms with Crippen LogP contribution in [-0.4, -0.2) is 32.0 Å². The van der Waals surface area contributed by atoms with E-state index in [1.807, 2.05) is 19.9 Å². The largest absolute Gasteiger partial charge is 0.315 e. The molecule has 0 atom stereocenters. The molecule has 0 bridgehead atoms. The van der Waals surface area contributed by atoms with Crippen molar-refractivity contribution < 1.29 is 9.18 Å². The molecule has 0 spiro atoms. The maximum absolute atomic E-state index is 14.2. The lowest BCUT2D eigenvalue weighted by Crippen LogP contribution is -2.35. The van der Waals surface area contributed by atoms with Crippen molar-refractivity contribution in [1.29, 1.82) is 5.41 Å². The summed E-state index contributed by atoms with van der Waals surface area (Å²) in [5.41, 5.74) is 4.46. The fourth-order valence-electron chi connectivity index (χ4n) is 3.03. The monoisotopic (exact) mass is 367 g/mol. The second-order valence-electron chi connectivity index (χ2n) is 5.87. The van der Waals surface area contributed by atoms with E-state index in [0.29, 0.717) is 10.9 Å². The molecule has 26 heavy (non-hydrogen) atoms. The number of nitrogens with one attached hydrogen (secondary N) is 1. The maximum Gasteiger partial charge on any atom is 0.283 e. The van der Waals surface area contributed by atoms with Crippen LogP contribution in [-0.2, 0) is 4.79 Å². The third-order valence-corrected chi connectivity index (χ3v) is 4.93. The molecule has 2 aliphatic rings. The van der Waals surface area contributed by atoms with Crippen LogP contribution in [0.4, 0.5) is 4.39 Å². The summed E-state index contributed by atoms with van der Waals surface area (Å²) in [6.07, 6.45) is 1.61. The number of carbonyl (C=O) groups is 1. The fraction of sp³-hybridized carbons (Fsp3) is 0.111. The van der Waals surface area contributed by atoms with Gasteiger partial charge in [0.1, 0.15) is 5.82 Å². The number of aromatic nitrogens is 1. The summed E-state index contributed by atoms with van der Waals surface area (Å²) in [5.74, 6) is -0.820. The first-order valence-electron chi connectivity index (χ1n) is 7.84. The molecule has 0 saturated carbocycles. The molecule has 6 nitrogen and oxygen atoms in total. The summed E-state index contributed by atoms with van der Waals surface area (Å²) in [7, 11) is 0. The highest BCUT2D eigenvalue weighted by atomic mass is 32.2. The molecule has 3 heterocycles. The Kier molecular flexibility index (Phi) is 3.84. The van der Waals surface area contributed by atoms with Crippen molar-refractivity contribution in [2.45, 2.75) is 13.8 Å². The van der Waals surface area contributed by atoms with Gasteiger partial charge in [-0.2, -0.15) is 15.1 Å². The number of amides is 1. The number of benzene rings is 1. The lowest BCUT2D eigenvalue weighted by molar-refractivity contribution is -0.114. The Bertz CT molecular complexity index is 1050. The number of hydrogen-bond acceptors (Lipinski definition) is 4. The van der Waals surface area contributed by atoms with Gasteiger partial charge in [-0.3, -0.25) is 10.2 Å². The SMILES string of the molecule is Cc1cc(C=C2C(=N)N3N=CSC3=NC2=O)c(C)n1-c1ccccc1F. The lowest BCUT2D eigenvalue weighted by Gasteiger charge is -2.20. The van der Waals surface area contributed by atoms with Crippen molar-refractivity contribution in [2.24, 2.45) is 10.1 Å². The van der Waals surface area contributed by atoms with Crippen molar-refractivity contribution in [2.75, 3.05) is 0 Å². The number of rotatable bonds is 2. The Hall–Kier alpha value is -3.00. The molecule has 1 aromatic carbocycles. The summed E-state index contributed by atoms with van der Waals surface area (Å²) in [4.78, 5) is 16.3. The number of para-hydroxylation sites is 1. The van der Waals surface area contributed by atoms with Gasteiger partial charge >= 0.3 is 0 Å². The maximum atomic E-state index is 14.2. The van der Waals surface area contributed by atoms with Crippen LogP contribution < -0.4 is 0 Å². The number of nitrogens with zero attached hydrogens (tertiary/aromatic N) is 4. The van der Waals surface area contributed by atoms with Crippen LogP contribution in [0.3, 0.4) is 0 Å². The van der Waals surface area contributed by atoms with Gasteiger partial charge in [-0.05, 0) is 55.4 Å². The zero-order chi connectivity index (χ0) is 18.4. The van der Waals surface area contributed by atoms with Gasteiger partial charge in [0.2, 0.25) is 0 Å². The van der Waals surface area contributed by atoms with E-state index in [4.69, 9.17) is 5.41 Å². The Morgan fingerprint density at radius 3 is 2.81 bits per heavy atom. The van der Waals surface area contributed by atoms with Crippen LogP contribution in [0.1, 0.15) is 17.0 Å². The number of aliphatic imine (C=N–C) groups is 1. The minimum absolute atomic E-state index is 0.0167. The van der Waals surface area contributed by atoms with Gasteiger partial charge in [0.05, 0.1) is 16.8 Å². The predicted molar refractivity (Wildman–Crippen MR) is 101 cm³/mol. The third kappa shape index (κ3) is 2.50. The molecule has 8 heteroatoms. The fourth-order valence-corrected chi connectivity index (χ4v) is 3.64. The van der Waals surface area contributed by atoms with Gasteiger partial charge in [0, 0.05) is 11.4 Å². The molecule has 2 aromatic rings. The van der Waals surface area contributed by atoms with E-state index in [1.54, 1.807) is 28.8 Å². The van der Waals surface area contributed by atoms with Crippen molar-refractivity contribution in [1.82, 2.24) is 9.58 Å². The van der Waals surface area contributed by atoms with Crippen LogP contribution in [0, 0.1) is 25.1 Å². The van der Waals surface area contributed by atoms with Gasteiger partial charge in [-0.15, -0.1) is 0 Å². The molecule has 4 rings (SSSR count). The zero-order valence-corrected chi connectivity index (χ0v) is 14.8. The summed E-state index contributed by atoms with van der Waals surface area (Å²) in [6.45, 7) is 3.72. The Labute approximate surface area is 153 Å². The molecule has 0 aliphatic carbocycles. The van der Waals surface area contributed by atoms with E-state index >= 15 is 0 Å². The smallest absolute Gasteiger partial charge is 0.283 e. The first-order valence-corrected chi connectivity index (χ1v) is 8.72. The molecule has 0 radical (unpaired) electrons. The van der Waals surface area contributed by atoms with Crippen molar-refractivity contribution >= 4 is 40.3 Å². The van der Waals surface area contributed by atoms with Crippen LogP contribution >= 0.6 is 11.8 Å². The summed E-state index contributed by atoms with van der Waals surface area (Å²) < 4.78 is 16.0. The molecule has 1 N–H and O–H groups in total. The van der Waals surface area contributed by atoms with Crippen LogP contribution in [0.2, 0.25) is 0 Å². The number of halogens is 1. The number of carbonyl (C=O) groups excluding carboxylic acids is 1. The molecule has 130 valence electrons. The minimum atomic E-state index is -0.477. The standard InChI is InChI=1S/C18H14FN5OS/c1-10-7-12(11(2)23(10)15-6-4-3-5-14(15)19)8-13-16(20)24-18(22-17(13)25)26-9-21-24/h3-9,20H,1-2H3. The second-order valence-corrected chi connectivity index (χ2v) is 6.68. The van der Waals surface area contributed by atoms with Crippen molar-refractivity contribution in [3.05, 3.63) is 58.7 Å². The first kappa shape index (κ1) is 16.5. The molecule has 1 aromatic heterocycles. The molecule has 0 saturated heterocycles. The quantitative estimate of drug-likeness (QED) is 0.826. The predicted octanol–water partition coefficient (Wildman–Crippen LogP) is 3.48. The molecule has 0 fully saturated rings. The second kappa shape index (κ2) is 6.06. The summed E-state index contributed by atoms with van der Waals surface area (Å²) in [5, 5.41) is 14.0. The van der Waals surface area contributed by atoms with Crippen LogP contribution in [0.5, 0.6) is 0 Å². The zero-order valence-electron chi connectivity index (χ0n) is 14.0. The van der Waals surface area contributed by atoms with E-state index in [-0.39, 0.29) is 17.2 Å². The van der Waals surface area contributed by atoms with Crippen LogP contribution in [0.25, 0.3) is 11.8 Å². The van der Waals surface area contributed by atoms with E-state index < -0.39 is 5.91 Å². The minimum Gasteiger partial charge on any atom is -0.315 e. The summed E-state index contributed by atoms with van der Waals surface area (Å²) in [6, 6.07) is 8.38. The van der Waals surface area contributed by atoms with E-state index in [9.17, 15) is 9.18 Å². The molecule has 2 aliphatic heterocycles. The number of hydrogen-bond donors (Lipinski definition) is 1. The topological polar surface area (TPSA) is 73.8 Å². The highest BCUT2D eigenvalue weighted by molar-refractivity contribution is 8.25. The van der Waals surface area contributed by atoms with Gasteiger partial charge in [-0.1, -0.05) is 12.1 Å². The lowest BCUT2D eigenvalue weighted by atomic mass is 10.1. The average molecular weight is 367 g/mol. The highest BCUT2D eigenvalue weighted by Crippen LogP contribution is 2.28. The Morgan fingerprint density at radius 2 is 2.04 bits per heavy atom. The highest BCUT2D eigenvalue weighted by Gasteiger charge is 2.32. The first-order chi connectivity index (χ1) is 12.5. The molecule has 0 unspecified atom stereocenters. The molecular weight excluding hydrogens is 353 g/mol. The number of thioether (sulfide) groups is 1. The number of amidine groups is 2. The van der Waals surface area contributed by atoms with Gasteiger partial charge in [0.25, 0.3) is 5.91 Å². The number of aryl methyl sites for hydroxylation is 1. The normalized spacial score (nSPS) is 17.9. The molecule has 1 amide bonds. The van der Waals surface area contributed by atoms with Gasteiger partial charge in [0.15, 0.2) is 11.0 Å². The van der Waals surface area contributed by atoms with Crippen LogP contribution in [0.15, 0.2) is 46.0 Å². The Morgan fingerprint density at radius 1 is 1.27 bits per heavy atom. The van der Waals surface area contributed by atoms with E-state index in [0.717, 1.165) is 17.0 Å². The Balaban J connectivity index is 1.81.